The molecule has 0 saturated carbocycles. The Bertz CT molecular complexity index is 424. The normalized spacial score (nSPS) is 25.2. The van der Waals surface area contributed by atoms with Gasteiger partial charge in [0, 0.05) is 11.6 Å². The fourth-order valence-corrected chi connectivity index (χ4v) is 3.00. The van der Waals surface area contributed by atoms with Gasteiger partial charge in [-0.3, -0.25) is 4.79 Å². The molecule has 0 aliphatic carbocycles. The minimum Gasteiger partial charge on any atom is -0.326 e. The fourth-order valence-electron chi connectivity index (χ4n) is 3.00. The Balaban J connectivity index is 1.81. The van der Waals surface area contributed by atoms with E-state index in [1.165, 1.54) is 5.56 Å². The first kappa shape index (κ1) is 10.8. The van der Waals surface area contributed by atoms with Gasteiger partial charge in [-0.25, -0.2) is 0 Å². The molecule has 1 fully saturated rings. The molecule has 1 aromatic rings. The highest BCUT2D eigenvalue weighted by Gasteiger charge is 2.33. The molecule has 2 N–H and O–H groups in total. The Labute approximate surface area is 102 Å². The molecule has 3 nitrogen and oxygen atoms in total. The van der Waals surface area contributed by atoms with E-state index in [2.05, 4.69) is 22.8 Å². The lowest BCUT2D eigenvalue weighted by Gasteiger charge is -2.33. The zero-order valence-corrected chi connectivity index (χ0v) is 9.91. The molecule has 0 aromatic heterocycles. The first-order chi connectivity index (χ1) is 8.34. The van der Waals surface area contributed by atoms with Crippen LogP contribution in [0.1, 0.15) is 18.4 Å². The van der Waals surface area contributed by atoms with Crippen LogP contribution in [0.4, 0.5) is 5.69 Å². The van der Waals surface area contributed by atoms with Crippen molar-refractivity contribution in [2.24, 2.45) is 11.8 Å². The molecule has 17 heavy (non-hydrogen) atoms. The first-order valence-corrected chi connectivity index (χ1v) is 6.44. The summed E-state index contributed by atoms with van der Waals surface area (Å²) in [4.78, 5) is 12.1. The van der Waals surface area contributed by atoms with Crippen molar-refractivity contribution in [2.75, 3.05) is 18.4 Å². The second-order valence-corrected chi connectivity index (χ2v) is 5.04. The number of para-hydroxylation sites is 1. The van der Waals surface area contributed by atoms with Gasteiger partial charge in [-0.1, -0.05) is 18.2 Å². The Morgan fingerprint density at radius 2 is 1.88 bits per heavy atom. The van der Waals surface area contributed by atoms with Gasteiger partial charge in [0.05, 0.1) is 0 Å². The Hall–Kier alpha value is -1.35. The standard InChI is InChI=1S/C14H18N2O/c17-14-12(10-5-7-15-8-6-10)9-11-3-1-2-4-13(11)16-14/h1-4,10,12,15H,5-9H2,(H,16,17)/t12-/m1/s1. The topological polar surface area (TPSA) is 41.1 Å². The molecular weight excluding hydrogens is 212 g/mol. The van der Waals surface area contributed by atoms with Gasteiger partial charge in [-0.05, 0) is 49.9 Å². The number of nitrogens with one attached hydrogen (secondary N) is 2. The van der Waals surface area contributed by atoms with Crippen molar-refractivity contribution < 1.29 is 4.79 Å². The van der Waals surface area contributed by atoms with Crippen LogP contribution in [0.5, 0.6) is 0 Å². The summed E-state index contributed by atoms with van der Waals surface area (Å²) in [5.74, 6) is 0.937. The van der Waals surface area contributed by atoms with E-state index in [-0.39, 0.29) is 11.8 Å². The molecule has 0 unspecified atom stereocenters. The van der Waals surface area contributed by atoms with Gasteiger partial charge in [0.15, 0.2) is 0 Å². The predicted octanol–water partition coefficient (Wildman–Crippen LogP) is 1.80. The van der Waals surface area contributed by atoms with E-state index in [9.17, 15) is 4.79 Å². The van der Waals surface area contributed by atoms with Crippen LogP contribution in [0, 0.1) is 11.8 Å². The van der Waals surface area contributed by atoms with Gasteiger partial charge in [0.25, 0.3) is 0 Å². The molecule has 1 aromatic carbocycles. The van der Waals surface area contributed by atoms with Crippen LogP contribution in [-0.4, -0.2) is 19.0 Å². The van der Waals surface area contributed by atoms with Crippen LogP contribution in [0.25, 0.3) is 0 Å². The minimum absolute atomic E-state index is 0.173. The Kier molecular flexibility index (Phi) is 2.85. The molecule has 3 rings (SSSR count). The highest BCUT2D eigenvalue weighted by Crippen LogP contribution is 2.32. The van der Waals surface area contributed by atoms with Gasteiger partial charge in [-0.2, -0.15) is 0 Å². The van der Waals surface area contributed by atoms with Crippen molar-refractivity contribution in [1.82, 2.24) is 5.32 Å². The van der Waals surface area contributed by atoms with Crippen molar-refractivity contribution in [1.29, 1.82) is 0 Å². The van der Waals surface area contributed by atoms with Gasteiger partial charge in [0.1, 0.15) is 0 Å². The maximum absolute atomic E-state index is 12.1. The number of carbonyl (C=O) groups excluding carboxylic acids is 1. The van der Waals surface area contributed by atoms with Crippen molar-refractivity contribution in [2.45, 2.75) is 19.3 Å². The third-order valence-corrected chi connectivity index (χ3v) is 4.00. The second-order valence-electron chi connectivity index (χ2n) is 5.04. The summed E-state index contributed by atoms with van der Waals surface area (Å²) in [5.41, 5.74) is 2.29. The van der Waals surface area contributed by atoms with Crippen LogP contribution in [-0.2, 0) is 11.2 Å². The number of rotatable bonds is 1. The van der Waals surface area contributed by atoms with Gasteiger partial charge in [-0.15, -0.1) is 0 Å². The summed E-state index contributed by atoms with van der Waals surface area (Å²) in [5, 5.41) is 6.40. The van der Waals surface area contributed by atoms with E-state index < -0.39 is 0 Å². The van der Waals surface area contributed by atoms with Gasteiger partial charge in [0.2, 0.25) is 5.91 Å². The monoisotopic (exact) mass is 230 g/mol. The van der Waals surface area contributed by atoms with Crippen LogP contribution >= 0.6 is 0 Å². The molecule has 2 aliphatic rings. The average Bonchev–Trinajstić information content (AvgIpc) is 2.39. The summed E-state index contributed by atoms with van der Waals surface area (Å²) in [7, 11) is 0. The zero-order valence-electron chi connectivity index (χ0n) is 9.91. The summed E-state index contributed by atoms with van der Waals surface area (Å²) in [6.45, 7) is 2.10. The number of carbonyl (C=O) groups is 1. The lowest BCUT2D eigenvalue weighted by atomic mass is 9.78. The quantitative estimate of drug-likeness (QED) is 0.772. The summed E-state index contributed by atoms with van der Waals surface area (Å²) in [6.07, 6.45) is 3.16. The maximum atomic E-state index is 12.1. The van der Waals surface area contributed by atoms with Crippen molar-refractivity contribution in [3.8, 4) is 0 Å². The third-order valence-electron chi connectivity index (χ3n) is 4.00. The molecule has 0 spiro atoms. The molecular formula is C14H18N2O. The molecule has 1 saturated heterocycles. The fraction of sp³-hybridized carbons (Fsp3) is 0.500. The molecule has 0 radical (unpaired) electrons. The van der Waals surface area contributed by atoms with Crippen molar-refractivity contribution in [3.63, 3.8) is 0 Å². The van der Waals surface area contributed by atoms with Crippen LogP contribution in [0.3, 0.4) is 0 Å². The SMILES string of the molecule is O=C1Nc2ccccc2C[C@@H]1C1CCNCC1. The van der Waals surface area contributed by atoms with Crippen LogP contribution < -0.4 is 10.6 Å². The van der Waals surface area contributed by atoms with E-state index in [1.54, 1.807) is 0 Å². The number of hydrogen-bond donors (Lipinski definition) is 2. The second kappa shape index (κ2) is 4.49. The van der Waals surface area contributed by atoms with E-state index in [0.717, 1.165) is 38.0 Å². The lowest BCUT2D eigenvalue weighted by molar-refractivity contribution is -0.122. The van der Waals surface area contributed by atoms with Crippen LogP contribution in [0.2, 0.25) is 0 Å². The number of anilines is 1. The third kappa shape index (κ3) is 2.07. The number of piperidine rings is 1. The number of benzene rings is 1. The van der Waals surface area contributed by atoms with Crippen molar-refractivity contribution in [3.05, 3.63) is 29.8 Å². The smallest absolute Gasteiger partial charge is 0.228 e. The van der Waals surface area contributed by atoms with Gasteiger partial charge < -0.3 is 10.6 Å². The Morgan fingerprint density at radius 3 is 2.71 bits per heavy atom. The molecule has 3 heteroatoms. The van der Waals surface area contributed by atoms with Crippen LogP contribution in [0.15, 0.2) is 24.3 Å². The highest BCUT2D eigenvalue weighted by molar-refractivity contribution is 5.95. The maximum Gasteiger partial charge on any atom is 0.228 e. The number of amides is 1. The summed E-state index contributed by atoms with van der Waals surface area (Å²) >= 11 is 0. The van der Waals surface area contributed by atoms with E-state index in [4.69, 9.17) is 0 Å². The molecule has 2 heterocycles. The molecule has 0 bridgehead atoms. The van der Waals surface area contributed by atoms with E-state index in [1.807, 2.05) is 12.1 Å². The van der Waals surface area contributed by atoms with Crippen molar-refractivity contribution >= 4 is 11.6 Å². The average molecular weight is 230 g/mol. The number of fused-ring (bicyclic) bond motifs is 1. The van der Waals surface area contributed by atoms with Gasteiger partial charge >= 0.3 is 0 Å². The Morgan fingerprint density at radius 1 is 1.12 bits per heavy atom. The predicted molar refractivity (Wildman–Crippen MR) is 67.9 cm³/mol. The largest absolute Gasteiger partial charge is 0.326 e. The zero-order chi connectivity index (χ0) is 11.7. The molecule has 90 valence electrons. The minimum atomic E-state index is 0.173. The first-order valence-electron chi connectivity index (χ1n) is 6.44. The van der Waals surface area contributed by atoms with E-state index in [0.29, 0.717) is 5.92 Å². The molecule has 1 atom stereocenters. The highest BCUT2D eigenvalue weighted by atomic mass is 16.2. The lowest BCUT2D eigenvalue weighted by Crippen LogP contribution is -2.40. The van der Waals surface area contributed by atoms with E-state index >= 15 is 0 Å². The molecule has 2 aliphatic heterocycles. The summed E-state index contributed by atoms with van der Waals surface area (Å²) < 4.78 is 0. The molecule has 1 amide bonds. The summed E-state index contributed by atoms with van der Waals surface area (Å²) in [6, 6.07) is 8.15. The number of hydrogen-bond acceptors (Lipinski definition) is 2.